The third-order valence-corrected chi connectivity index (χ3v) is 2.65. The Morgan fingerprint density at radius 3 is 3.00 bits per heavy atom. The molecule has 0 bridgehead atoms. The van der Waals surface area contributed by atoms with E-state index in [1.54, 1.807) is 0 Å². The van der Waals surface area contributed by atoms with E-state index in [-0.39, 0.29) is 0 Å². The van der Waals surface area contributed by atoms with Gasteiger partial charge in [-0.2, -0.15) is 0 Å². The van der Waals surface area contributed by atoms with Gasteiger partial charge < -0.3 is 0 Å². The Morgan fingerprint density at radius 2 is 2.11 bits per heavy atom. The molecule has 0 saturated carbocycles. The zero-order chi connectivity index (χ0) is 6.53. The summed E-state index contributed by atoms with van der Waals surface area (Å²) in [5, 5.41) is 0. The standard InChI is InChI=1S/C8H14Si/c9-8-6-4-2-1-3-5-7-8/h8H,1-4,6H2,9H3. The lowest BCUT2D eigenvalue weighted by Crippen LogP contribution is -1.91. The van der Waals surface area contributed by atoms with E-state index in [0.29, 0.717) is 0 Å². The number of hydrogen-bond acceptors (Lipinski definition) is 0. The zero-order valence-corrected chi connectivity index (χ0v) is 8.11. The third-order valence-electron chi connectivity index (χ3n) is 1.79. The van der Waals surface area contributed by atoms with Crippen LogP contribution in [0.25, 0.3) is 0 Å². The molecule has 50 valence electrons. The molecule has 1 atom stereocenters. The van der Waals surface area contributed by atoms with Gasteiger partial charge >= 0.3 is 0 Å². The maximum absolute atomic E-state index is 3.30. The van der Waals surface area contributed by atoms with Gasteiger partial charge in [0.25, 0.3) is 0 Å². The van der Waals surface area contributed by atoms with Gasteiger partial charge in [0, 0.05) is 22.2 Å². The normalized spacial score (nSPS) is 27.8. The van der Waals surface area contributed by atoms with Gasteiger partial charge in [0.05, 0.1) is 0 Å². The summed E-state index contributed by atoms with van der Waals surface area (Å²) in [5.41, 5.74) is 0.797. The van der Waals surface area contributed by atoms with Crippen molar-refractivity contribution in [2.45, 2.75) is 37.6 Å². The topological polar surface area (TPSA) is 0 Å². The van der Waals surface area contributed by atoms with Gasteiger partial charge in [0.15, 0.2) is 0 Å². The molecule has 0 nitrogen and oxygen atoms in total. The van der Waals surface area contributed by atoms with Gasteiger partial charge in [0.2, 0.25) is 0 Å². The monoisotopic (exact) mass is 138 g/mol. The molecule has 0 N–H and O–H groups in total. The highest BCUT2D eigenvalue weighted by Crippen LogP contribution is 2.13. The minimum atomic E-state index is 0.797. The van der Waals surface area contributed by atoms with Crippen LogP contribution >= 0.6 is 0 Å². The largest absolute Gasteiger partial charge is 0.104 e. The zero-order valence-electron chi connectivity index (χ0n) is 6.11. The van der Waals surface area contributed by atoms with E-state index < -0.39 is 0 Å². The molecule has 0 spiro atoms. The highest BCUT2D eigenvalue weighted by atomic mass is 28.1. The molecule has 0 aromatic heterocycles. The fourth-order valence-electron chi connectivity index (χ4n) is 1.16. The predicted octanol–water partition coefficient (Wildman–Crippen LogP) is 1.11. The van der Waals surface area contributed by atoms with Gasteiger partial charge in [-0.1, -0.05) is 12.8 Å². The Balaban J connectivity index is 2.37. The number of rotatable bonds is 0. The first-order chi connectivity index (χ1) is 4.39. The highest BCUT2D eigenvalue weighted by molar-refractivity contribution is 6.13. The average molecular weight is 138 g/mol. The maximum Gasteiger partial charge on any atom is 0.0218 e. The van der Waals surface area contributed by atoms with Crippen molar-refractivity contribution in [3.8, 4) is 11.8 Å². The lowest BCUT2D eigenvalue weighted by molar-refractivity contribution is 0.652. The second kappa shape index (κ2) is 3.74. The van der Waals surface area contributed by atoms with Gasteiger partial charge in [-0.25, -0.2) is 0 Å². The molecule has 0 saturated heterocycles. The van der Waals surface area contributed by atoms with Gasteiger partial charge in [-0.15, -0.1) is 11.8 Å². The van der Waals surface area contributed by atoms with Crippen molar-refractivity contribution in [3.63, 3.8) is 0 Å². The smallest absolute Gasteiger partial charge is 0.0218 e. The van der Waals surface area contributed by atoms with Crippen molar-refractivity contribution in [1.29, 1.82) is 0 Å². The second-order valence-electron chi connectivity index (χ2n) is 2.82. The minimum absolute atomic E-state index is 0.797. The molecule has 0 amide bonds. The molecule has 0 radical (unpaired) electrons. The Bertz CT molecular complexity index is 129. The van der Waals surface area contributed by atoms with Crippen LogP contribution < -0.4 is 0 Å². The Hall–Kier alpha value is -0.223. The summed E-state index contributed by atoms with van der Waals surface area (Å²) in [6.07, 6.45) is 6.69. The first-order valence-corrected chi connectivity index (χ1v) is 5.03. The van der Waals surface area contributed by atoms with E-state index in [0.717, 1.165) is 12.0 Å². The summed E-state index contributed by atoms with van der Waals surface area (Å²) in [6, 6.07) is 0. The molecular weight excluding hydrogens is 124 g/mol. The van der Waals surface area contributed by atoms with Crippen molar-refractivity contribution >= 4 is 10.2 Å². The molecule has 1 rings (SSSR count). The molecular formula is C8H14Si. The third kappa shape index (κ3) is 2.72. The Labute approximate surface area is 60.5 Å². The summed E-state index contributed by atoms with van der Waals surface area (Å²) in [7, 11) is 1.27. The fraction of sp³-hybridized carbons (Fsp3) is 0.750. The van der Waals surface area contributed by atoms with Crippen LogP contribution in [0.1, 0.15) is 32.1 Å². The van der Waals surface area contributed by atoms with Crippen LogP contribution in [-0.4, -0.2) is 10.2 Å². The van der Waals surface area contributed by atoms with Crippen molar-refractivity contribution in [2.24, 2.45) is 0 Å². The van der Waals surface area contributed by atoms with Crippen LogP contribution in [0.3, 0.4) is 0 Å². The highest BCUT2D eigenvalue weighted by Gasteiger charge is 1.98. The maximum atomic E-state index is 3.30. The molecule has 0 aromatic rings. The Kier molecular flexibility index (Phi) is 2.86. The van der Waals surface area contributed by atoms with E-state index in [1.807, 2.05) is 0 Å². The molecule has 0 aromatic carbocycles. The lowest BCUT2D eigenvalue weighted by Gasteiger charge is -2.04. The van der Waals surface area contributed by atoms with Crippen LogP contribution in [0.4, 0.5) is 0 Å². The van der Waals surface area contributed by atoms with Crippen LogP contribution in [0, 0.1) is 11.8 Å². The summed E-state index contributed by atoms with van der Waals surface area (Å²) >= 11 is 0. The summed E-state index contributed by atoms with van der Waals surface area (Å²) < 4.78 is 0. The molecule has 0 heterocycles. The quantitative estimate of drug-likeness (QED) is 0.347. The predicted molar refractivity (Wildman–Crippen MR) is 44.6 cm³/mol. The van der Waals surface area contributed by atoms with Crippen molar-refractivity contribution < 1.29 is 0 Å². The van der Waals surface area contributed by atoms with Crippen LogP contribution in [0.15, 0.2) is 0 Å². The average Bonchev–Trinajstić information content (AvgIpc) is 1.79. The fourth-order valence-corrected chi connectivity index (χ4v) is 1.77. The molecule has 1 heteroatoms. The van der Waals surface area contributed by atoms with Crippen LogP contribution in [0.5, 0.6) is 0 Å². The summed E-state index contributed by atoms with van der Waals surface area (Å²) in [5.74, 6) is 6.52. The SMILES string of the molecule is [SiH3]C1C#CCCCCC1. The number of hydrogen-bond donors (Lipinski definition) is 0. The molecule has 1 unspecified atom stereocenters. The lowest BCUT2D eigenvalue weighted by atomic mass is 10.1. The molecule has 0 fully saturated rings. The molecule has 9 heavy (non-hydrogen) atoms. The van der Waals surface area contributed by atoms with Gasteiger partial charge in [0.1, 0.15) is 0 Å². The Morgan fingerprint density at radius 1 is 1.22 bits per heavy atom. The summed E-state index contributed by atoms with van der Waals surface area (Å²) in [4.78, 5) is 0. The van der Waals surface area contributed by atoms with E-state index in [9.17, 15) is 0 Å². The van der Waals surface area contributed by atoms with Crippen molar-refractivity contribution in [2.75, 3.05) is 0 Å². The van der Waals surface area contributed by atoms with Crippen molar-refractivity contribution in [3.05, 3.63) is 0 Å². The summed E-state index contributed by atoms with van der Waals surface area (Å²) in [6.45, 7) is 0. The minimum Gasteiger partial charge on any atom is -0.104 e. The second-order valence-corrected chi connectivity index (χ2v) is 4.22. The van der Waals surface area contributed by atoms with E-state index in [2.05, 4.69) is 11.8 Å². The molecule has 1 aliphatic rings. The van der Waals surface area contributed by atoms with Crippen LogP contribution in [-0.2, 0) is 0 Å². The molecule has 0 aliphatic heterocycles. The van der Waals surface area contributed by atoms with Gasteiger partial charge in [-0.3, -0.25) is 0 Å². The van der Waals surface area contributed by atoms with Gasteiger partial charge in [-0.05, 0) is 12.8 Å². The first-order valence-electron chi connectivity index (χ1n) is 3.88. The van der Waals surface area contributed by atoms with Crippen LogP contribution in [0.2, 0.25) is 5.54 Å². The molecule has 1 aliphatic carbocycles. The van der Waals surface area contributed by atoms with Crippen molar-refractivity contribution in [1.82, 2.24) is 0 Å². The van der Waals surface area contributed by atoms with E-state index >= 15 is 0 Å². The van der Waals surface area contributed by atoms with E-state index in [4.69, 9.17) is 0 Å². The van der Waals surface area contributed by atoms with E-state index in [1.165, 1.54) is 35.9 Å². The first kappa shape index (κ1) is 6.89.